The summed E-state index contributed by atoms with van der Waals surface area (Å²) in [6.07, 6.45) is 0.307. The summed E-state index contributed by atoms with van der Waals surface area (Å²) in [5.74, 6) is -0.0279. The van der Waals surface area contributed by atoms with Crippen LogP contribution >= 0.6 is 0 Å². The summed E-state index contributed by atoms with van der Waals surface area (Å²) in [6, 6.07) is 12.8. The highest BCUT2D eigenvalue weighted by molar-refractivity contribution is 5.94. The topological polar surface area (TPSA) is 118 Å². The first-order valence-corrected chi connectivity index (χ1v) is 7.33. The van der Waals surface area contributed by atoms with E-state index in [0.717, 1.165) is 0 Å². The number of rotatable bonds is 4. The van der Waals surface area contributed by atoms with Crippen LogP contribution < -0.4 is 5.32 Å². The SMILES string of the molecule is N#Cc1ccc(NC(=O)COC2=Nc3ccc([N+](=O)[O-])cc3C2)cc1. The molecular formula is C17H12N4O4. The zero-order valence-corrected chi connectivity index (χ0v) is 12.9. The standard InChI is InChI=1S/C17H12N4O4/c18-9-11-1-3-13(4-2-11)19-16(22)10-25-17-8-12-7-14(21(23)24)5-6-15(12)20-17/h1-7H,8,10H2,(H,19,22). The van der Waals surface area contributed by atoms with Crippen LogP contribution in [0.2, 0.25) is 0 Å². The van der Waals surface area contributed by atoms with Gasteiger partial charge in [-0.1, -0.05) is 0 Å². The number of nitro benzene ring substituents is 1. The normalized spacial score (nSPS) is 11.9. The Bertz CT molecular complexity index is 913. The lowest BCUT2D eigenvalue weighted by atomic mass is 10.1. The molecule has 25 heavy (non-hydrogen) atoms. The number of nitrogens with zero attached hydrogens (tertiary/aromatic N) is 3. The van der Waals surface area contributed by atoms with E-state index in [2.05, 4.69) is 10.3 Å². The summed E-state index contributed by atoms with van der Waals surface area (Å²) < 4.78 is 5.38. The summed E-state index contributed by atoms with van der Waals surface area (Å²) in [4.78, 5) is 26.4. The predicted molar refractivity (Wildman–Crippen MR) is 89.6 cm³/mol. The molecule has 0 unspecified atom stereocenters. The molecule has 2 aromatic carbocycles. The van der Waals surface area contributed by atoms with Gasteiger partial charge in [-0.2, -0.15) is 5.26 Å². The highest BCUT2D eigenvalue weighted by Gasteiger charge is 2.19. The molecule has 8 nitrogen and oxygen atoms in total. The first-order valence-electron chi connectivity index (χ1n) is 7.33. The van der Waals surface area contributed by atoms with Crippen LogP contribution in [0.5, 0.6) is 0 Å². The fourth-order valence-corrected chi connectivity index (χ4v) is 2.33. The van der Waals surface area contributed by atoms with Crippen molar-refractivity contribution in [2.75, 3.05) is 11.9 Å². The zero-order valence-electron chi connectivity index (χ0n) is 12.9. The molecule has 0 aromatic heterocycles. The lowest BCUT2D eigenvalue weighted by Crippen LogP contribution is -2.20. The van der Waals surface area contributed by atoms with Gasteiger partial charge in [0, 0.05) is 17.8 Å². The number of ether oxygens (including phenoxy) is 1. The maximum atomic E-state index is 11.9. The molecule has 0 spiro atoms. The van der Waals surface area contributed by atoms with Gasteiger partial charge in [-0.25, -0.2) is 4.99 Å². The molecular weight excluding hydrogens is 324 g/mol. The van der Waals surface area contributed by atoms with Crippen LogP contribution in [-0.2, 0) is 16.0 Å². The molecule has 0 bridgehead atoms. The summed E-state index contributed by atoms with van der Waals surface area (Å²) >= 11 is 0. The third-order valence-corrected chi connectivity index (χ3v) is 3.53. The van der Waals surface area contributed by atoms with Crippen molar-refractivity contribution in [1.82, 2.24) is 0 Å². The van der Waals surface area contributed by atoms with Crippen molar-refractivity contribution in [3.63, 3.8) is 0 Å². The average molecular weight is 336 g/mol. The van der Waals surface area contributed by atoms with Gasteiger partial charge in [0.1, 0.15) is 0 Å². The molecule has 1 amide bonds. The number of anilines is 1. The van der Waals surface area contributed by atoms with Gasteiger partial charge < -0.3 is 10.1 Å². The molecule has 0 saturated carbocycles. The highest BCUT2D eigenvalue weighted by Crippen LogP contribution is 2.30. The Morgan fingerprint density at radius 2 is 2.08 bits per heavy atom. The molecule has 0 aliphatic carbocycles. The van der Waals surface area contributed by atoms with E-state index in [1.54, 1.807) is 30.3 Å². The van der Waals surface area contributed by atoms with E-state index in [0.29, 0.717) is 34.8 Å². The quantitative estimate of drug-likeness (QED) is 0.680. The zero-order chi connectivity index (χ0) is 17.8. The maximum Gasteiger partial charge on any atom is 0.269 e. The highest BCUT2D eigenvalue weighted by atomic mass is 16.6. The van der Waals surface area contributed by atoms with E-state index in [-0.39, 0.29) is 18.2 Å². The molecule has 0 fully saturated rings. The fraction of sp³-hybridized carbons (Fsp3) is 0.118. The van der Waals surface area contributed by atoms with Gasteiger partial charge in [0.05, 0.1) is 28.7 Å². The minimum atomic E-state index is -0.468. The van der Waals surface area contributed by atoms with Crippen molar-refractivity contribution in [2.24, 2.45) is 4.99 Å². The number of benzene rings is 2. The molecule has 0 radical (unpaired) electrons. The summed E-state index contributed by atoms with van der Waals surface area (Å²) in [7, 11) is 0. The summed E-state index contributed by atoms with van der Waals surface area (Å²) in [6.45, 7) is -0.227. The van der Waals surface area contributed by atoms with Crippen molar-refractivity contribution in [1.29, 1.82) is 5.26 Å². The molecule has 0 atom stereocenters. The number of aliphatic imine (C=N–C) groups is 1. The summed E-state index contributed by atoms with van der Waals surface area (Å²) in [5, 5.41) is 22.2. The molecule has 1 N–H and O–H groups in total. The van der Waals surface area contributed by atoms with Gasteiger partial charge in [-0.3, -0.25) is 14.9 Å². The molecule has 8 heteroatoms. The molecule has 124 valence electrons. The van der Waals surface area contributed by atoms with Crippen LogP contribution in [0.15, 0.2) is 47.5 Å². The second kappa shape index (κ2) is 6.80. The van der Waals surface area contributed by atoms with E-state index in [9.17, 15) is 14.9 Å². The number of fused-ring (bicyclic) bond motifs is 1. The Balaban J connectivity index is 1.54. The number of amides is 1. The van der Waals surface area contributed by atoms with Crippen LogP contribution in [-0.4, -0.2) is 23.3 Å². The number of carbonyl (C=O) groups is 1. The monoisotopic (exact) mass is 336 g/mol. The molecule has 3 rings (SSSR count). The number of nitrogens with one attached hydrogen (secondary N) is 1. The number of non-ortho nitro benzene ring substituents is 1. The van der Waals surface area contributed by atoms with Gasteiger partial charge >= 0.3 is 0 Å². The van der Waals surface area contributed by atoms with Crippen molar-refractivity contribution in [3.8, 4) is 6.07 Å². The van der Waals surface area contributed by atoms with Crippen LogP contribution in [0.4, 0.5) is 17.1 Å². The van der Waals surface area contributed by atoms with Crippen molar-refractivity contribution < 1.29 is 14.5 Å². The Kier molecular flexibility index (Phi) is 4.39. The van der Waals surface area contributed by atoms with Crippen LogP contribution in [0.1, 0.15) is 11.1 Å². The van der Waals surface area contributed by atoms with Crippen LogP contribution in [0, 0.1) is 21.4 Å². The minimum Gasteiger partial charge on any atom is -0.470 e. The van der Waals surface area contributed by atoms with E-state index in [4.69, 9.17) is 10.00 Å². The third-order valence-electron chi connectivity index (χ3n) is 3.53. The lowest BCUT2D eigenvalue weighted by molar-refractivity contribution is -0.384. The third kappa shape index (κ3) is 3.79. The van der Waals surface area contributed by atoms with Gasteiger partial charge in [-0.15, -0.1) is 0 Å². The smallest absolute Gasteiger partial charge is 0.269 e. The lowest BCUT2D eigenvalue weighted by Gasteiger charge is -2.07. The van der Waals surface area contributed by atoms with Crippen LogP contribution in [0.25, 0.3) is 0 Å². The molecule has 2 aromatic rings. The second-order valence-corrected chi connectivity index (χ2v) is 5.28. The van der Waals surface area contributed by atoms with Gasteiger partial charge in [-0.05, 0) is 35.9 Å². The van der Waals surface area contributed by atoms with E-state index in [1.807, 2.05) is 6.07 Å². The Hall–Kier alpha value is -3.73. The van der Waals surface area contributed by atoms with Gasteiger partial charge in [0.15, 0.2) is 12.5 Å². The Morgan fingerprint density at radius 3 is 2.76 bits per heavy atom. The van der Waals surface area contributed by atoms with Crippen molar-refractivity contribution in [2.45, 2.75) is 6.42 Å². The second-order valence-electron chi connectivity index (χ2n) is 5.28. The number of nitro groups is 1. The predicted octanol–water partition coefficient (Wildman–Crippen LogP) is 2.71. The molecule has 1 aliphatic heterocycles. The first kappa shape index (κ1) is 16.1. The Morgan fingerprint density at radius 1 is 1.32 bits per heavy atom. The van der Waals surface area contributed by atoms with Gasteiger partial charge in [0.2, 0.25) is 0 Å². The summed E-state index contributed by atoms with van der Waals surface area (Å²) in [5.41, 5.74) is 2.35. The number of hydrogen-bond acceptors (Lipinski definition) is 6. The average Bonchev–Trinajstić information content (AvgIpc) is 3.02. The fourth-order valence-electron chi connectivity index (χ4n) is 2.33. The molecule has 1 aliphatic rings. The number of carbonyl (C=O) groups excluding carboxylic acids is 1. The van der Waals surface area contributed by atoms with Gasteiger partial charge in [0.25, 0.3) is 11.6 Å². The van der Waals surface area contributed by atoms with E-state index >= 15 is 0 Å². The minimum absolute atomic E-state index is 0.00578. The van der Waals surface area contributed by atoms with Crippen molar-refractivity contribution in [3.05, 3.63) is 63.7 Å². The first-order chi connectivity index (χ1) is 12.0. The number of hydrogen-bond donors (Lipinski definition) is 1. The molecule has 0 saturated heterocycles. The largest absolute Gasteiger partial charge is 0.470 e. The van der Waals surface area contributed by atoms with E-state index in [1.165, 1.54) is 12.1 Å². The van der Waals surface area contributed by atoms with Crippen LogP contribution in [0.3, 0.4) is 0 Å². The van der Waals surface area contributed by atoms with Crippen molar-refractivity contribution >= 4 is 28.9 Å². The Labute approximate surface area is 142 Å². The maximum absolute atomic E-state index is 11.9. The molecule has 1 heterocycles. The van der Waals surface area contributed by atoms with E-state index < -0.39 is 4.92 Å². The number of nitriles is 1.